The monoisotopic (exact) mass is 501 g/mol. The third-order valence-electron chi connectivity index (χ3n) is 5.06. The minimum absolute atomic E-state index is 0.0278. The number of methoxy groups -OCH3 is 1. The molecule has 14 heteroatoms. The lowest BCUT2D eigenvalue weighted by molar-refractivity contribution is 0.0915. The Bertz CT molecular complexity index is 1410. The van der Waals surface area contributed by atoms with E-state index >= 15 is 0 Å². The molecule has 0 aliphatic carbocycles. The zero-order valence-corrected chi connectivity index (χ0v) is 19.5. The van der Waals surface area contributed by atoms with Crippen LogP contribution in [-0.2, 0) is 24.4 Å². The number of nitrogens with zero attached hydrogens (tertiary/aromatic N) is 3. The first-order chi connectivity index (χ1) is 15.0. The molecule has 0 saturated carbocycles. The summed E-state index contributed by atoms with van der Waals surface area (Å²) in [6.45, 7) is 0.544. The van der Waals surface area contributed by atoms with E-state index in [9.17, 15) is 16.8 Å². The van der Waals surface area contributed by atoms with Crippen LogP contribution in [0.15, 0.2) is 34.3 Å². The summed E-state index contributed by atoms with van der Waals surface area (Å²) in [5.74, 6) is 0.532. The first-order valence-corrected chi connectivity index (χ1v) is 13.1. The van der Waals surface area contributed by atoms with Gasteiger partial charge in [0.2, 0.25) is 9.84 Å². The van der Waals surface area contributed by atoms with E-state index in [0.717, 1.165) is 6.26 Å². The lowest BCUT2D eigenvalue weighted by atomic mass is 10.3. The van der Waals surface area contributed by atoms with Crippen molar-refractivity contribution in [1.82, 2.24) is 15.0 Å². The van der Waals surface area contributed by atoms with Crippen molar-refractivity contribution in [2.24, 2.45) is 0 Å². The van der Waals surface area contributed by atoms with E-state index < -0.39 is 25.1 Å². The number of aromatic amines is 1. The number of ether oxygens (including phenoxy) is 2. The Balaban J connectivity index is 1.82. The van der Waals surface area contributed by atoms with Crippen molar-refractivity contribution < 1.29 is 26.3 Å². The summed E-state index contributed by atoms with van der Waals surface area (Å²) in [5.41, 5.74) is 5.40. The summed E-state index contributed by atoms with van der Waals surface area (Å²) < 4.78 is 61.1. The van der Waals surface area contributed by atoms with Crippen LogP contribution in [0.5, 0.6) is 5.75 Å². The van der Waals surface area contributed by atoms with Gasteiger partial charge in [-0.2, -0.15) is 0 Å². The van der Waals surface area contributed by atoms with Crippen LogP contribution in [0.25, 0.3) is 11.0 Å². The van der Waals surface area contributed by atoms with Gasteiger partial charge in [-0.15, -0.1) is 0 Å². The topological polar surface area (TPSA) is 158 Å². The minimum atomic E-state index is -4.11. The van der Waals surface area contributed by atoms with Crippen molar-refractivity contribution in [2.45, 2.75) is 15.2 Å². The van der Waals surface area contributed by atoms with Crippen LogP contribution in [0.2, 0.25) is 5.02 Å². The molecular weight excluding hydrogens is 482 g/mol. The molecule has 1 unspecified atom stereocenters. The van der Waals surface area contributed by atoms with Crippen LogP contribution in [0.1, 0.15) is 0 Å². The van der Waals surface area contributed by atoms with Crippen LogP contribution in [0.3, 0.4) is 0 Å². The Morgan fingerprint density at radius 2 is 2.03 bits per heavy atom. The van der Waals surface area contributed by atoms with Crippen LogP contribution < -0.4 is 15.4 Å². The smallest absolute Gasteiger partial charge is 0.212 e. The number of nitrogens with one attached hydrogen (secondary N) is 1. The summed E-state index contributed by atoms with van der Waals surface area (Å²) in [5, 5.41) is 0.127. The van der Waals surface area contributed by atoms with Crippen LogP contribution in [0, 0.1) is 0 Å². The molecule has 2 aromatic heterocycles. The van der Waals surface area contributed by atoms with Crippen molar-refractivity contribution in [3.05, 3.63) is 29.5 Å². The molecule has 0 amide bonds. The number of halogens is 1. The Morgan fingerprint density at radius 1 is 1.28 bits per heavy atom. The quantitative estimate of drug-likeness (QED) is 0.521. The fourth-order valence-corrected chi connectivity index (χ4v) is 6.12. The molecule has 11 nitrogen and oxygen atoms in total. The van der Waals surface area contributed by atoms with Gasteiger partial charge in [0.1, 0.15) is 33.8 Å². The molecule has 4 rings (SSSR count). The van der Waals surface area contributed by atoms with Crippen molar-refractivity contribution in [3.63, 3.8) is 0 Å². The highest BCUT2D eigenvalue weighted by Gasteiger charge is 2.33. The van der Waals surface area contributed by atoms with Gasteiger partial charge in [0, 0.05) is 12.8 Å². The van der Waals surface area contributed by atoms with E-state index in [1.165, 1.54) is 31.6 Å². The number of hydrogen-bond acceptors (Lipinski definition) is 10. The summed E-state index contributed by atoms with van der Waals surface area (Å²) in [4.78, 5) is 12.6. The molecule has 1 fully saturated rings. The number of H-pyrrole nitrogens is 1. The Kier molecular flexibility index (Phi) is 5.69. The predicted octanol–water partition coefficient (Wildman–Crippen LogP) is 1.24. The molecular formula is C18H20ClN5O6S2. The van der Waals surface area contributed by atoms with Crippen LogP contribution in [0.4, 0.5) is 11.6 Å². The number of morpholine rings is 1. The van der Waals surface area contributed by atoms with E-state index in [1.807, 2.05) is 0 Å². The van der Waals surface area contributed by atoms with E-state index in [1.54, 1.807) is 4.90 Å². The molecule has 32 heavy (non-hydrogen) atoms. The Hall–Kier alpha value is -2.61. The largest absolute Gasteiger partial charge is 0.495 e. The predicted molar refractivity (Wildman–Crippen MR) is 119 cm³/mol. The zero-order valence-electron chi connectivity index (χ0n) is 17.1. The highest BCUT2D eigenvalue weighted by molar-refractivity contribution is 7.92. The number of sulfone groups is 2. The first-order valence-electron chi connectivity index (χ1n) is 9.30. The van der Waals surface area contributed by atoms with Gasteiger partial charge in [0.25, 0.3) is 0 Å². The molecule has 3 N–H and O–H groups in total. The highest BCUT2D eigenvalue weighted by Crippen LogP contribution is 2.37. The van der Waals surface area contributed by atoms with Gasteiger partial charge in [-0.1, -0.05) is 11.6 Å². The van der Waals surface area contributed by atoms with Gasteiger partial charge in [-0.05, 0) is 18.2 Å². The molecule has 3 heterocycles. The average Bonchev–Trinajstić information content (AvgIpc) is 3.09. The number of hydrogen-bond donors (Lipinski definition) is 2. The van der Waals surface area contributed by atoms with Crippen LogP contribution >= 0.6 is 11.6 Å². The van der Waals surface area contributed by atoms with E-state index in [0.29, 0.717) is 18.1 Å². The normalized spacial score (nSPS) is 17.6. The molecule has 0 spiro atoms. The number of anilines is 2. The second-order valence-electron chi connectivity index (χ2n) is 7.16. The van der Waals surface area contributed by atoms with Gasteiger partial charge in [-0.25, -0.2) is 26.8 Å². The van der Waals surface area contributed by atoms with Crippen LogP contribution in [-0.4, -0.2) is 70.3 Å². The van der Waals surface area contributed by atoms with Gasteiger partial charge < -0.3 is 25.1 Å². The molecule has 1 aliphatic heterocycles. The molecule has 0 bridgehead atoms. The summed E-state index contributed by atoms with van der Waals surface area (Å²) in [6.07, 6.45) is 2.30. The van der Waals surface area contributed by atoms with Gasteiger partial charge >= 0.3 is 0 Å². The lowest BCUT2D eigenvalue weighted by Gasteiger charge is -2.32. The number of nitrogens with two attached hydrogens (primary N) is 1. The molecule has 0 radical (unpaired) electrons. The van der Waals surface area contributed by atoms with E-state index in [4.69, 9.17) is 26.8 Å². The maximum absolute atomic E-state index is 13.4. The zero-order chi connectivity index (χ0) is 23.3. The second kappa shape index (κ2) is 8.06. The highest BCUT2D eigenvalue weighted by atomic mass is 35.5. The molecule has 1 atom stereocenters. The number of fused-ring (bicyclic) bond motifs is 1. The lowest BCUT2D eigenvalue weighted by Crippen LogP contribution is -2.46. The molecule has 172 valence electrons. The number of rotatable bonds is 5. The summed E-state index contributed by atoms with van der Waals surface area (Å²) >= 11 is 6.11. The summed E-state index contributed by atoms with van der Waals surface area (Å²) in [7, 11) is -6.14. The van der Waals surface area contributed by atoms with Gasteiger partial charge in [0.15, 0.2) is 21.1 Å². The molecule has 1 saturated heterocycles. The fourth-order valence-electron chi connectivity index (χ4n) is 3.50. The third kappa shape index (κ3) is 3.85. The minimum Gasteiger partial charge on any atom is -0.495 e. The average molecular weight is 502 g/mol. The van der Waals surface area contributed by atoms with Gasteiger partial charge in [-0.3, -0.25) is 0 Å². The standard InChI is InChI=1S/C18H20ClN5O6S2/c1-29-12-4-3-10(7-11(12)19)32(27,28)16-14-15(23-17(16)20)18(22-9-21-14)24-5-6-30-13(8-24)31(2,25)26/h3-4,7,9,13,23H,5-6,8,20H2,1-2H3. The number of nitrogen functional groups attached to an aromatic ring is 1. The Morgan fingerprint density at radius 3 is 2.69 bits per heavy atom. The fraction of sp³-hybridized carbons (Fsp3) is 0.333. The first kappa shape index (κ1) is 22.6. The Labute approximate surface area is 189 Å². The second-order valence-corrected chi connectivity index (χ2v) is 11.6. The van der Waals surface area contributed by atoms with Crippen molar-refractivity contribution in [2.75, 3.05) is 43.7 Å². The third-order valence-corrected chi connectivity index (χ3v) is 8.42. The van der Waals surface area contributed by atoms with E-state index in [-0.39, 0.29) is 44.8 Å². The van der Waals surface area contributed by atoms with Crippen molar-refractivity contribution in [3.8, 4) is 5.75 Å². The SMILES string of the molecule is COc1ccc(S(=O)(=O)c2c(N)[nH]c3c(N4CCOC(S(C)(=O)=O)C4)ncnc23)cc1Cl. The maximum Gasteiger partial charge on any atom is 0.212 e. The molecule has 1 aromatic carbocycles. The van der Waals surface area contributed by atoms with Gasteiger partial charge in [0.05, 0.1) is 30.2 Å². The summed E-state index contributed by atoms with van der Waals surface area (Å²) in [6, 6.07) is 4.08. The van der Waals surface area contributed by atoms with Crippen molar-refractivity contribution >= 4 is 53.9 Å². The number of benzene rings is 1. The van der Waals surface area contributed by atoms with E-state index in [2.05, 4.69) is 15.0 Å². The number of aromatic nitrogens is 3. The van der Waals surface area contributed by atoms with Crippen molar-refractivity contribution in [1.29, 1.82) is 0 Å². The maximum atomic E-state index is 13.4. The molecule has 3 aromatic rings. The molecule has 1 aliphatic rings.